The van der Waals surface area contributed by atoms with Crippen LogP contribution in [0.3, 0.4) is 0 Å². The summed E-state index contributed by atoms with van der Waals surface area (Å²) in [6, 6.07) is 0.480. The Bertz CT molecular complexity index is 818. The fourth-order valence-electron chi connectivity index (χ4n) is 3.00. The molecule has 1 N–H and O–H groups in total. The molecular weight excluding hydrogens is 366 g/mol. The van der Waals surface area contributed by atoms with Crippen LogP contribution in [-0.4, -0.2) is 38.6 Å². The van der Waals surface area contributed by atoms with Crippen LogP contribution >= 0.6 is 23.1 Å². The predicted octanol–water partition coefficient (Wildman–Crippen LogP) is 4.26. The molecule has 0 aliphatic rings. The molecule has 2 aromatic heterocycles. The molecule has 2 aromatic rings. The highest BCUT2D eigenvalue weighted by atomic mass is 32.2. The number of aromatic amines is 1. The van der Waals surface area contributed by atoms with Gasteiger partial charge in [0.05, 0.1) is 16.9 Å². The topological polar surface area (TPSA) is 66.1 Å². The zero-order chi connectivity index (χ0) is 19.4. The van der Waals surface area contributed by atoms with Gasteiger partial charge in [-0.25, -0.2) is 4.98 Å². The molecule has 0 aliphatic heterocycles. The van der Waals surface area contributed by atoms with Gasteiger partial charge in [-0.15, -0.1) is 23.1 Å². The van der Waals surface area contributed by atoms with E-state index in [-0.39, 0.29) is 23.6 Å². The van der Waals surface area contributed by atoms with E-state index in [2.05, 4.69) is 37.7 Å². The van der Waals surface area contributed by atoms with Gasteiger partial charge in [-0.3, -0.25) is 9.59 Å². The molecule has 144 valence electrons. The number of hydrogen-bond donors (Lipinski definition) is 1. The minimum absolute atomic E-state index is 0.0837. The molecule has 0 bridgehead atoms. The van der Waals surface area contributed by atoms with Crippen molar-refractivity contribution in [1.82, 2.24) is 14.9 Å². The standard InChI is InChI=1S/C19H29N3O2S2/c1-7-11(3)22(12(4)8-2)16(23)10-25-9-15-20-18(24)17-13(5)14(6)26-19(17)21-15/h11-12H,7-10H2,1-6H3,(H,20,21,24)/t11-,12-/m0/s1. The number of aromatic nitrogens is 2. The van der Waals surface area contributed by atoms with Crippen molar-refractivity contribution in [2.75, 3.05) is 5.75 Å². The van der Waals surface area contributed by atoms with Gasteiger partial charge in [-0.2, -0.15) is 0 Å². The molecular formula is C19H29N3O2S2. The van der Waals surface area contributed by atoms with E-state index in [0.717, 1.165) is 28.1 Å². The molecule has 2 heterocycles. The van der Waals surface area contributed by atoms with Crippen LogP contribution in [0.15, 0.2) is 4.79 Å². The molecule has 1 amide bonds. The molecule has 0 aromatic carbocycles. The number of nitrogens with one attached hydrogen (secondary N) is 1. The van der Waals surface area contributed by atoms with E-state index in [1.165, 1.54) is 11.8 Å². The van der Waals surface area contributed by atoms with Crippen LogP contribution < -0.4 is 5.56 Å². The van der Waals surface area contributed by atoms with Crippen molar-refractivity contribution in [3.8, 4) is 0 Å². The fraction of sp³-hybridized carbons (Fsp3) is 0.632. The zero-order valence-corrected chi connectivity index (χ0v) is 18.1. The second-order valence-electron chi connectivity index (χ2n) is 6.78. The molecule has 0 fully saturated rings. The van der Waals surface area contributed by atoms with Crippen molar-refractivity contribution in [1.29, 1.82) is 0 Å². The number of hydrogen-bond acceptors (Lipinski definition) is 5. The number of aryl methyl sites for hydroxylation is 2. The molecule has 5 nitrogen and oxygen atoms in total. The van der Waals surface area contributed by atoms with Crippen LogP contribution in [0.1, 0.15) is 56.8 Å². The number of carbonyl (C=O) groups is 1. The third kappa shape index (κ3) is 4.49. The van der Waals surface area contributed by atoms with Gasteiger partial charge in [0.25, 0.3) is 5.56 Å². The van der Waals surface area contributed by atoms with Crippen molar-refractivity contribution in [3.63, 3.8) is 0 Å². The maximum Gasteiger partial charge on any atom is 0.259 e. The predicted molar refractivity (Wildman–Crippen MR) is 112 cm³/mol. The molecule has 0 saturated heterocycles. The monoisotopic (exact) mass is 395 g/mol. The van der Waals surface area contributed by atoms with Gasteiger partial charge >= 0.3 is 0 Å². The Morgan fingerprint density at radius 2 is 1.85 bits per heavy atom. The lowest BCUT2D eigenvalue weighted by molar-refractivity contribution is -0.132. The third-order valence-corrected chi connectivity index (χ3v) is 7.00. The minimum Gasteiger partial charge on any atom is -0.337 e. The smallest absolute Gasteiger partial charge is 0.259 e. The summed E-state index contributed by atoms with van der Waals surface area (Å²) in [5.74, 6) is 1.73. The van der Waals surface area contributed by atoms with Gasteiger partial charge in [0.1, 0.15) is 10.7 Å². The van der Waals surface area contributed by atoms with Crippen molar-refractivity contribution in [3.05, 3.63) is 26.6 Å². The first-order valence-electron chi connectivity index (χ1n) is 9.17. The van der Waals surface area contributed by atoms with Crippen LogP contribution in [0.2, 0.25) is 0 Å². The lowest BCUT2D eigenvalue weighted by Crippen LogP contribution is -2.45. The highest BCUT2D eigenvalue weighted by Gasteiger charge is 2.23. The zero-order valence-electron chi connectivity index (χ0n) is 16.5. The lowest BCUT2D eigenvalue weighted by Gasteiger charge is -2.34. The summed E-state index contributed by atoms with van der Waals surface area (Å²) < 4.78 is 0. The maximum atomic E-state index is 12.7. The van der Waals surface area contributed by atoms with E-state index in [0.29, 0.717) is 22.7 Å². The largest absolute Gasteiger partial charge is 0.337 e. The van der Waals surface area contributed by atoms with Gasteiger partial charge in [0.2, 0.25) is 5.91 Å². The van der Waals surface area contributed by atoms with Crippen LogP contribution in [-0.2, 0) is 10.5 Å². The van der Waals surface area contributed by atoms with Crippen molar-refractivity contribution in [2.24, 2.45) is 0 Å². The molecule has 2 rings (SSSR count). The van der Waals surface area contributed by atoms with Gasteiger partial charge in [0, 0.05) is 17.0 Å². The lowest BCUT2D eigenvalue weighted by atomic mass is 10.1. The summed E-state index contributed by atoms with van der Waals surface area (Å²) in [6.45, 7) is 12.4. The van der Waals surface area contributed by atoms with E-state index in [9.17, 15) is 9.59 Å². The Morgan fingerprint density at radius 3 is 2.42 bits per heavy atom. The molecule has 26 heavy (non-hydrogen) atoms. The SMILES string of the molecule is CC[C@H](C)N(C(=O)CSCc1nc2sc(C)c(C)c2c(=O)[nH]1)[C@@H](C)CC. The van der Waals surface area contributed by atoms with Crippen molar-refractivity contribution in [2.45, 2.75) is 72.2 Å². The number of H-pyrrole nitrogens is 1. The maximum absolute atomic E-state index is 12.7. The second-order valence-corrected chi connectivity index (χ2v) is 8.97. The Labute approximate surface area is 163 Å². The number of amides is 1. The normalized spacial score (nSPS) is 13.8. The van der Waals surface area contributed by atoms with Crippen molar-refractivity contribution < 1.29 is 4.79 Å². The number of rotatable bonds is 8. The average Bonchev–Trinajstić information content (AvgIpc) is 2.89. The first-order valence-corrected chi connectivity index (χ1v) is 11.1. The van der Waals surface area contributed by atoms with Gasteiger partial charge in [0.15, 0.2) is 0 Å². The summed E-state index contributed by atoms with van der Waals surface area (Å²) in [5, 5.41) is 0.692. The highest BCUT2D eigenvalue weighted by Crippen LogP contribution is 2.26. The molecule has 2 atom stereocenters. The average molecular weight is 396 g/mol. The van der Waals surface area contributed by atoms with Crippen LogP contribution in [0.4, 0.5) is 0 Å². The van der Waals surface area contributed by atoms with Crippen LogP contribution in [0.5, 0.6) is 0 Å². The Kier molecular flexibility index (Phi) is 7.29. The van der Waals surface area contributed by atoms with E-state index in [4.69, 9.17) is 0 Å². The molecule has 0 saturated carbocycles. The highest BCUT2D eigenvalue weighted by molar-refractivity contribution is 7.99. The summed E-state index contributed by atoms with van der Waals surface area (Å²) in [6.07, 6.45) is 1.90. The Hall–Kier alpha value is -1.34. The van der Waals surface area contributed by atoms with Crippen molar-refractivity contribution >= 4 is 39.2 Å². The second kappa shape index (κ2) is 9.04. The summed E-state index contributed by atoms with van der Waals surface area (Å²) in [4.78, 5) is 36.4. The third-order valence-electron chi connectivity index (χ3n) is 4.97. The first kappa shape index (κ1) is 21.0. The van der Waals surface area contributed by atoms with Crippen LogP contribution in [0.25, 0.3) is 10.2 Å². The number of thioether (sulfide) groups is 1. The number of thiophene rings is 1. The van der Waals surface area contributed by atoms with Gasteiger partial charge in [-0.05, 0) is 46.1 Å². The van der Waals surface area contributed by atoms with E-state index in [1.807, 2.05) is 18.7 Å². The first-order chi connectivity index (χ1) is 12.3. The molecule has 0 spiro atoms. The number of fused-ring (bicyclic) bond motifs is 1. The Balaban J connectivity index is 2.06. The minimum atomic E-state index is -0.0837. The fourth-order valence-corrected chi connectivity index (χ4v) is 4.80. The van der Waals surface area contributed by atoms with E-state index in [1.54, 1.807) is 11.3 Å². The van der Waals surface area contributed by atoms with Gasteiger partial charge < -0.3 is 9.88 Å². The number of nitrogens with zero attached hydrogens (tertiary/aromatic N) is 2. The summed E-state index contributed by atoms with van der Waals surface area (Å²) in [7, 11) is 0. The summed E-state index contributed by atoms with van der Waals surface area (Å²) in [5.41, 5.74) is 0.922. The number of carbonyl (C=O) groups excluding carboxylic acids is 1. The van der Waals surface area contributed by atoms with E-state index < -0.39 is 0 Å². The quantitative estimate of drug-likeness (QED) is 0.725. The van der Waals surface area contributed by atoms with Crippen LogP contribution in [0, 0.1) is 13.8 Å². The Morgan fingerprint density at radius 1 is 1.23 bits per heavy atom. The molecule has 7 heteroatoms. The summed E-state index contributed by atoms with van der Waals surface area (Å²) >= 11 is 3.06. The van der Waals surface area contributed by atoms with E-state index >= 15 is 0 Å². The molecule has 0 aliphatic carbocycles. The molecule has 0 radical (unpaired) electrons. The van der Waals surface area contributed by atoms with Gasteiger partial charge in [-0.1, -0.05) is 13.8 Å². The molecule has 0 unspecified atom stereocenters.